The van der Waals surface area contributed by atoms with Crippen molar-refractivity contribution in [3.63, 3.8) is 0 Å². The summed E-state index contributed by atoms with van der Waals surface area (Å²) in [5.41, 5.74) is 1.06. The van der Waals surface area contributed by atoms with Gasteiger partial charge in [-0.1, -0.05) is 18.2 Å². The molecule has 0 aliphatic carbocycles. The molecule has 0 amide bonds. The SMILES string of the molecule is COc1cc2nc(Nc3ccc(C(F)(F)F)cc3)nc(Nc3ccccc3)c2cc1OC. The number of benzene rings is 3. The Labute approximate surface area is 182 Å². The lowest BCUT2D eigenvalue weighted by molar-refractivity contribution is -0.137. The summed E-state index contributed by atoms with van der Waals surface area (Å²) in [7, 11) is 3.06. The van der Waals surface area contributed by atoms with Crippen molar-refractivity contribution in [1.82, 2.24) is 9.97 Å². The first-order valence-corrected chi connectivity index (χ1v) is 9.57. The molecule has 0 radical (unpaired) electrons. The maximum absolute atomic E-state index is 12.8. The molecule has 4 rings (SSSR count). The lowest BCUT2D eigenvalue weighted by atomic mass is 10.2. The number of para-hydroxylation sites is 1. The van der Waals surface area contributed by atoms with Gasteiger partial charge in [-0.15, -0.1) is 0 Å². The Kier molecular flexibility index (Phi) is 5.72. The van der Waals surface area contributed by atoms with Crippen LogP contribution in [0.4, 0.5) is 36.3 Å². The van der Waals surface area contributed by atoms with Gasteiger partial charge in [0, 0.05) is 22.8 Å². The van der Waals surface area contributed by atoms with Gasteiger partial charge in [0.15, 0.2) is 11.5 Å². The minimum absolute atomic E-state index is 0.211. The standard InChI is InChI=1S/C23H19F3N4O2/c1-31-19-12-17-18(13-20(19)32-2)29-22(30-21(17)27-15-6-4-3-5-7-15)28-16-10-8-14(9-11-16)23(24,25)26/h3-13H,1-2H3,(H2,27,28,29,30). The topological polar surface area (TPSA) is 68.3 Å². The highest BCUT2D eigenvalue weighted by Gasteiger charge is 2.30. The predicted octanol–water partition coefficient (Wildman–Crippen LogP) is 6.15. The lowest BCUT2D eigenvalue weighted by Crippen LogP contribution is -2.05. The number of aromatic nitrogens is 2. The van der Waals surface area contributed by atoms with Gasteiger partial charge in [0.05, 0.1) is 25.3 Å². The summed E-state index contributed by atoms with van der Waals surface area (Å²) in [4.78, 5) is 9.05. The van der Waals surface area contributed by atoms with Crippen LogP contribution in [0.1, 0.15) is 5.56 Å². The summed E-state index contributed by atoms with van der Waals surface area (Å²) in [6, 6.07) is 17.6. The fourth-order valence-electron chi connectivity index (χ4n) is 3.14. The van der Waals surface area contributed by atoms with Crippen LogP contribution in [0.2, 0.25) is 0 Å². The molecule has 3 aromatic carbocycles. The summed E-state index contributed by atoms with van der Waals surface area (Å²) in [6.45, 7) is 0. The quantitative estimate of drug-likeness (QED) is 0.375. The highest BCUT2D eigenvalue weighted by molar-refractivity contribution is 5.94. The van der Waals surface area contributed by atoms with E-state index in [2.05, 4.69) is 20.6 Å². The predicted molar refractivity (Wildman–Crippen MR) is 117 cm³/mol. The van der Waals surface area contributed by atoms with Gasteiger partial charge in [0.25, 0.3) is 0 Å². The van der Waals surface area contributed by atoms with Gasteiger partial charge in [0.2, 0.25) is 5.95 Å². The van der Waals surface area contributed by atoms with Gasteiger partial charge in [0.1, 0.15) is 5.82 Å². The first-order valence-electron chi connectivity index (χ1n) is 9.57. The summed E-state index contributed by atoms with van der Waals surface area (Å²) in [5, 5.41) is 6.90. The fraction of sp³-hybridized carbons (Fsp3) is 0.130. The summed E-state index contributed by atoms with van der Waals surface area (Å²) < 4.78 is 49.3. The number of nitrogens with one attached hydrogen (secondary N) is 2. The number of methoxy groups -OCH3 is 2. The Hall–Kier alpha value is -4.01. The molecule has 2 N–H and O–H groups in total. The first-order chi connectivity index (χ1) is 15.4. The van der Waals surface area contributed by atoms with Crippen LogP contribution in [0, 0.1) is 0 Å². The molecule has 0 fully saturated rings. The van der Waals surface area contributed by atoms with E-state index in [0.717, 1.165) is 17.8 Å². The van der Waals surface area contributed by atoms with E-state index in [-0.39, 0.29) is 5.95 Å². The molecule has 0 atom stereocenters. The van der Waals surface area contributed by atoms with Gasteiger partial charge in [-0.25, -0.2) is 4.98 Å². The van der Waals surface area contributed by atoms with Crippen LogP contribution < -0.4 is 20.1 Å². The molecule has 0 bridgehead atoms. The minimum Gasteiger partial charge on any atom is -0.493 e. The van der Waals surface area contributed by atoms with Gasteiger partial charge in [-0.3, -0.25) is 0 Å². The van der Waals surface area contributed by atoms with Crippen LogP contribution >= 0.6 is 0 Å². The third-order valence-corrected chi connectivity index (χ3v) is 4.71. The van der Waals surface area contributed by atoms with Crippen LogP contribution in [0.5, 0.6) is 11.5 Å². The van der Waals surface area contributed by atoms with Gasteiger partial charge < -0.3 is 20.1 Å². The number of ether oxygens (including phenoxy) is 2. The van der Waals surface area contributed by atoms with Crippen LogP contribution in [0.15, 0.2) is 66.7 Å². The maximum Gasteiger partial charge on any atom is 0.416 e. The van der Waals surface area contributed by atoms with Crippen LogP contribution in [0.3, 0.4) is 0 Å². The van der Waals surface area contributed by atoms with Gasteiger partial charge >= 0.3 is 6.18 Å². The molecule has 0 unspecified atom stereocenters. The molecular formula is C23H19F3N4O2. The Bertz CT molecular complexity index is 1230. The van der Waals surface area contributed by atoms with Crippen molar-refractivity contribution in [2.24, 2.45) is 0 Å². The average molecular weight is 440 g/mol. The first kappa shape index (κ1) is 21.2. The minimum atomic E-state index is -4.40. The van der Waals surface area contributed by atoms with E-state index in [4.69, 9.17) is 9.47 Å². The lowest BCUT2D eigenvalue weighted by Gasteiger charge is -2.15. The van der Waals surface area contributed by atoms with E-state index in [9.17, 15) is 13.2 Å². The number of halogens is 3. The fourth-order valence-corrected chi connectivity index (χ4v) is 3.14. The Balaban J connectivity index is 1.77. The number of hydrogen-bond donors (Lipinski definition) is 2. The zero-order valence-electron chi connectivity index (χ0n) is 17.2. The van der Waals surface area contributed by atoms with Gasteiger partial charge in [-0.05, 0) is 42.5 Å². The molecule has 164 valence electrons. The second-order valence-corrected chi connectivity index (χ2v) is 6.81. The molecule has 0 saturated carbocycles. The molecule has 0 saturated heterocycles. The Morgan fingerprint density at radius 3 is 2.00 bits per heavy atom. The smallest absolute Gasteiger partial charge is 0.416 e. The van der Waals surface area contributed by atoms with Crippen LogP contribution in [-0.4, -0.2) is 24.2 Å². The second kappa shape index (κ2) is 8.62. The van der Waals surface area contributed by atoms with E-state index < -0.39 is 11.7 Å². The molecule has 0 aliphatic rings. The molecule has 6 nitrogen and oxygen atoms in total. The van der Waals surface area contributed by atoms with Crippen molar-refractivity contribution in [1.29, 1.82) is 0 Å². The van der Waals surface area contributed by atoms with Crippen molar-refractivity contribution >= 4 is 34.0 Å². The number of rotatable bonds is 6. The molecule has 1 heterocycles. The van der Waals surface area contributed by atoms with E-state index in [0.29, 0.717) is 33.9 Å². The number of anilines is 4. The number of nitrogens with zero attached hydrogens (tertiary/aromatic N) is 2. The molecule has 0 spiro atoms. The Morgan fingerprint density at radius 2 is 1.38 bits per heavy atom. The van der Waals surface area contributed by atoms with Crippen molar-refractivity contribution in [2.45, 2.75) is 6.18 Å². The van der Waals surface area contributed by atoms with Crippen molar-refractivity contribution < 1.29 is 22.6 Å². The number of hydrogen-bond acceptors (Lipinski definition) is 6. The van der Waals surface area contributed by atoms with Gasteiger partial charge in [-0.2, -0.15) is 18.2 Å². The maximum atomic E-state index is 12.8. The summed E-state index contributed by atoms with van der Waals surface area (Å²) >= 11 is 0. The summed E-state index contributed by atoms with van der Waals surface area (Å²) in [5.74, 6) is 1.72. The highest BCUT2D eigenvalue weighted by atomic mass is 19.4. The number of fused-ring (bicyclic) bond motifs is 1. The average Bonchev–Trinajstić information content (AvgIpc) is 2.78. The normalized spacial score (nSPS) is 11.3. The van der Waals surface area contributed by atoms with Crippen molar-refractivity contribution in [3.05, 3.63) is 72.3 Å². The van der Waals surface area contributed by atoms with E-state index >= 15 is 0 Å². The van der Waals surface area contributed by atoms with Crippen molar-refractivity contribution in [3.8, 4) is 11.5 Å². The van der Waals surface area contributed by atoms with Crippen LogP contribution in [0.25, 0.3) is 10.9 Å². The van der Waals surface area contributed by atoms with Crippen molar-refractivity contribution in [2.75, 3.05) is 24.9 Å². The summed E-state index contributed by atoms with van der Waals surface area (Å²) in [6.07, 6.45) is -4.40. The van der Waals surface area contributed by atoms with Crippen LogP contribution in [-0.2, 0) is 6.18 Å². The third-order valence-electron chi connectivity index (χ3n) is 4.71. The second-order valence-electron chi connectivity index (χ2n) is 6.81. The zero-order chi connectivity index (χ0) is 22.7. The molecule has 32 heavy (non-hydrogen) atoms. The zero-order valence-corrected chi connectivity index (χ0v) is 17.2. The van der Waals surface area contributed by atoms with E-state index in [1.54, 1.807) is 12.1 Å². The molecular weight excluding hydrogens is 421 g/mol. The highest BCUT2D eigenvalue weighted by Crippen LogP contribution is 2.36. The molecule has 1 aromatic heterocycles. The Morgan fingerprint density at radius 1 is 0.750 bits per heavy atom. The molecule has 9 heteroatoms. The molecule has 0 aliphatic heterocycles. The largest absolute Gasteiger partial charge is 0.493 e. The molecule has 4 aromatic rings. The number of alkyl halides is 3. The third kappa shape index (κ3) is 4.51. The van der Waals surface area contributed by atoms with E-state index in [1.165, 1.54) is 26.4 Å². The monoisotopic (exact) mass is 440 g/mol. The van der Waals surface area contributed by atoms with E-state index in [1.807, 2.05) is 30.3 Å².